The van der Waals surface area contributed by atoms with Gasteiger partial charge in [-0.15, -0.1) is 5.10 Å². The van der Waals surface area contributed by atoms with Crippen molar-refractivity contribution in [3.05, 3.63) is 35.9 Å². The lowest BCUT2D eigenvalue weighted by atomic mass is 10.1. The Hall–Kier alpha value is -1.40. The van der Waals surface area contributed by atoms with Crippen molar-refractivity contribution in [1.82, 2.24) is 25.1 Å². The van der Waals surface area contributed by atoms with Crippen LogP contribution >= 0.6 is 11.8 Å². The second kappa shape index (κ2) is 6.38. The van der Waals surface area contributed by atoms with E-state index in [9.17, 15) is 0 Å². The van der Waals surface area contributed by atoms with Crippen molar-refractivity contribution in [3.8, 4) is 0 Å². The van der Waals surface area contributed by atoms with Gasteiger partial charge in [-0.2, -0.15) is 0 Å². The van der Waals surface area contributed by atoms with E-state index in [1.165, 1.54) is 12.0 Å². The first-order chi connectivity index (χ1) is 10.5. The van der Waals surface area contributed by atoms with Gasteiger partial charge in [0.1, 0.15) is 0 Å². The summed E-state index contributed by atoms with van der Waals surface area (Å²) >= 11 is 1.81. The Morgan fingerprint density at radius 1 is 1.23 bits per heavy atom. The number of aromatic nitrogens is 4. The monoisotopic (exact) mass is 317 g/mol. The zero-order chi connectivity index (χ0) is 15.6. The molecule has 0 bridgehead atoms. The van der Waals surface area contributed by atoms with Gasteiger partial charge in [-0.1, -0.05) is 42.1 Å². The molecule has 5 nitrogen and oxygen atoms in total. The standard InChI is InChI=1S/C16H23N5S/c1-16(2,3)21-15(17-18-19-21)22-14-9-10-20(12-14)11-13-7-5-4-6-8-13/h4-8,14H,9-12H2,1-3H3. The lowest BCUT2D eigenvalue weighted by Gasteiger charge is -2.20. The Morgan fingerprint density at radius 2 is 2.00 bits per heavy atom. The van der Waals surface area contributed by atoms with E-state index in [-0.39, 0.29) is 5.54 Å². The summed E-state index contributed by atoms with van der Waals surface area (Å²) in [7, 11) is 0. The van der Waals surface area contributed by atoms with Crippen LogP contribution in [0.1, 0.15) is 32.8 Å². The van der Waals surface area contributed by atoms with Crippen LogP contribution in [0.4, 0.5) is 0 Å². The van der Waals surface area contributed by atoms with Gasteiger partial charge in [0.15, 0.2) is 0 Å². The molecule has 0 saturated carbocycles. The molecule has 1 aromatic heterocycles. The smallest absolute Gasteiger partial charge is 0.210 e. The van der Waals surface area contributed by atoms with Gasteiger partial charge in [0.25, 0.3) is 0 Å². The fraction of sp³-hybridized carbons (Fsp3) is 0.562. The number of nitrogens with zero attached hydrogens (tertiary/aromatic N) is 5. The van der Waals surface area contributed by atoms with Crippen LogP contribution in [0.15, 0.2) is 35.5 Å². The Morgan fingerprint density at radius 3 is 2.73 bits per heavy atom. The Balaban J connectivity index is 1.59. The van der Waals surface area contributed by atoms with Crippen molar-refractivity contribution in [2.75, 3.05) is 13.1 Å². The van der Waals surface area contributed by atoms with Gasteiger partial charge in [0.2, 0.25) is 5.16 Å². The van der Waals surface area contributed by atoms with Crippen molar-refractivity contribution in [1.29, 1.82) is 0 Å². The summed E-state index contributed by atoms with van der Waals surface area (Å²) in [5, 5.41) is 13.7. The number of thioether (sulfide) groups is 1. The van der Waals surface area contributed by atoms with Crippen LogP contribution in [-0.4, -0.2) is 43.4 Å². The number of likely N-dealkylation sites (tertiary alicyclic amines) is 1. The fourth-order valence-corrected chi connectivity index (χ4v) is 4.00. The van der Waals surface area contributed by atoms with Gasteiger partial charge in [0.05, 0.1) is 5.54 Å². The molecular formula is C16H23N5S. The Kier molecular flexibility index (Phi) is 4.49. The second-order valence-corrected chi connectivity index (χ2v) is 8.06. The third-order valence-electron chi connectivity index (χ3n) is 3.83. The summed E-state index contributed by atoms with van der Waals surface area (Å²) in [5.41, 5.74) is 1.31. The van der Waals surface area contributed by atoms with E-state index in [2.05, 4.69) is 71.5 Å². The number of tetrazole rings is 1. The van der Waals surface area contributed by atoms with E-state index < -0.39 is 0 Å². The van der Waals surface area contributed by atoms with Crippen LogP contribution in [0, 0.1) is 0 Å². The molecule has 3 rings (SSSR count). The van der Waals surface area contributed by atoms with Crippen molar-refractivity contribution < 1.29 is 0 Å². The molecule has 2 heterocycles. The predicted molar refractivity (Wildman–Crippen MR) is 88.8 cm³/mol. The first-order valence-electron chi connectivity index (χ1n) is 7.74. The van der Waals surface area contributed by atoms with Crippen molar-refractivity contribution in [3.63, 3.8) is 0 Å². The Bertz CT molecular complexity index is 604. The molecule has 0 N–H and O–H groups in total. The zero-order valence-electron chi connectivity index (χ0n) is 13.4. The normalized spacial score (nSPS) is 19.7. The maximum atomic E-state index is 4.20. The minimum Gasteiger partial charge on any atom is -0.298 e. The molecule has 1 aromatic carbocycles. The highest BCUT2D eigenvalue weighted by atomic mass is 32.2. The zero-order valence-corrected chi connectivity index (χ0v) is 14.3. The molecule has 1 saturated heterocycles. The number of hydrogen-bond acceptors (Lipinski definition) is 5. The molecule has 1 unspecified atom stereocenters. The van der Waals surface area contributed by atoms with Gasteiger partial charge < -0.3 is 0 Å². The van der Waals surface area contributed by atoms with E-state index in [0.29, 0.717) is 5.25 Å². The average Bonchev–Trinajstić information content (AvgIpc) is 3.09. The van der Waals surface area contributed by atoms with Crippen LogP contribution < -0.4 is 0 Å². The summed E-state index contributed by atoms with van der Waals surface area (Å²) < 4.78 is 1.93. The summed E-state index contributed by atoms with van der Waals surface area (Å²) in [6.07, 6.45) is 1.19. The molecule has 1 aliphatic heterocycles. The van der Waals surface area contributed by atoms with E-state index in [4.69, 9.17) is 0 Å². The van der Waals surface area contributed by atoms with E-state index in [1.807, 2.05) is 16.4 Å². The predicted octanol–water partition coefficient (Wildman–Crippen LogP) is 2.79. The summed E-state index contributed by atoms with van der Waals surface area (Å²) in [6, 6.07) is 10.7. The topological polar surface area (TPSA) is 46.8 Å². The lowest BCUT2D eigenvalue weighted by Crippen LogP contribution is -2.25. The van der Waals surface area contributed by atoms with E-state index >= 15 is 0 Å². The first-order valence-corrected chi connectivity index (χ1v) is 8.62. The van der Waals surface area contributed by atoms with E-state index in [1.54, 1.807) is 0 Å². The second-order valence-electron chi connectivity index (χ2n) is 6.79. The summed E-state index contributed by atoms with van der Waals surface area (Å²) in [6.45, 7) is 9.65. The molecule has 22 heavy (non-hydrogen) atoms. The van der Waals surface area contributed by atoms with Crippen LogP contribution in [-0.2, 0) is 12.1 Å². The molecule has 0 radical (unpaired) electrons. The largest absolute Gasteiger partial charge is 0.298 e. The highest BCUT2D eigenvalue weighted by Gasteiger charge is 2.27. The molecule has 0 spiro atoms. The molecule has 118 valence electrons. The average molecular weight is 317 g/mol. The minimum absolute atomic E-state index is 0.0752. The highest BCUT2D eigenvalue weighted by molar-refractivity contribution is 7.99. The van der Waals surface area contributed by atoms with Crippen molar-refractivity contribution in [2.45, 2.75) is 49.7 Å². The third kappa shape index (κ3) is 3.67. The van der Waals surface area contributed by atoms with Crippen LogP contribution in [0.5, 0.6) is 0 Å². The number of benzene rings is 1. The lowest BCUT2D eigenvalue weighted by molar-refractivity contribution is 0.320. The fourth-order valence-electron chi connectivity index (χ4n) is 2.70. The minimum atomic E-state index is -0.0752. The first kappa shape index (κ1) is 15.5. The van der Waals surface area contributed by atoms with Gasteiger partial charge in [-0.3, -0.25) is 4.90 Å². The third-order valence-corrected chi connectivity index (χ3v) is 5.01. The molecule has 1 atom stereocenters. The summed E-state index contributed by atoms with van der Waals surface area (Å²) in [4.78, 5) is 2.51. The maximum Gasteiger partial charge on any atom is 0.210 e. The van der Waals surface area contributed by atoms with Crippen molar-refractivity contribution >= 4 is 11.8 Å². The van der Waals surface area contributed by atoms with Gasteiger partial charge in [0, 0.05) is 18.3 Å². The van der Waals surface area contributed by atoms with Gasteiger partial charge in [-0.25, -0.2) is 4.68 Å². The molecule has 2 aromatic rings. The molecule has 1 fully saturated rings. The maximum absolute atomic E-state index is 4.20. The number of hydrogen-bond donors (Lipinski definition) is 0. The molecular weight excluding hydrogens is 294 g/mol. The molecule has 0 aliphatic carbocycles. The molecule has 6 heteroatoms. The summed E-state index contributed by atoms with van der Waals surface area (Å²) in [5.74, 6) is 0. The van der Waals surface area contributed by atoms with Gasteiger partial charge >= 0.3 is 0 Å². The number of rotatable bonds is 4. The quantitative estimate of drug-likeness (QED) is 0.868. The van der Waals surface area contributed by atoms with Crippen LogP contribution in [0.2, 0.25) is 0 Å². The SMILES string of the molecule is CC(C)(C)n1nnnc1SC1CCN(Cc2ccccc2)C1. The Labute approximate surface area is 136 Å². The molecule has 0 amide bonds. The highest BCUT2D eigenvalue weighted by Crippen LogP contribution is 2.30. The van der Waals surface area contributed by atoms with Crippen molar-refractivity contribution in [2.24, 2.45) is 0 Å². The van der Waals surface area contributed by atoms with Crippen LogP contribution in [0.3, 0.4) is 0 Å². The van der Waals surface area contributed by atoms with E-state index in [0.717, 1.165) is 24.8 Å². The van der Waals surface area contributed by atoms with Crippen LogP contribution in [0.25, 0.3) is 0 Å². The molecule has 1 aliphatic rings. The van der Waals surface area contributed by atoms with Gasteiger partial charge in [-0.05, 0) is 49.7 Å².